The molecule has 20 heavy (non-hydrogen) atoms. The molecule has 0 atom stereocenters. The third-order valence-electron chi connectivity index (χ3n) is 2.99. The van der Waals surface area contributed by atoms with Gasteiger partial charge in [-0.1, -0.05) is 13.8 Å². The highest BCUT2D eigenvalue weighted by Gasteiger charge is 2.23. The van der Waals surface area contributed by atoms with Crippen molar-refractivity contribution in [3.8, 4) is 11.5 Å². The van der Waals surface area contributed by atoms with Gasteiger partial charge in [-0.05, 0) is 12.1 Å². The van der Waals surface area contributed by atoms with Gasteiger partial charge in [0.1, 0.15) is 13.2 Å². The first-order chi connectivity index (χ1) is 9.34. The van der Waals surface area contributed by atoms with Crippen LogP contribution in [0, 0.1) is 5.41 Å². The van der Waals surface area contributed by atoms with Crippen LogP contribution < -0.4 is 14.2 Å². The molecule has 0 fully saturated rings. The molecule has 0 unspecified atom stereocenters. The first-order valence-corrected chi connectivity index (χ1v) is 7.83. The summed E-state index contributed by atoms with van der Waals surface area (Å²) in [6.45, 7) is 4.47. The molecule has 0 saturated heterocycles. The number of benzene rings is 1. The minimum Gasteiger partial charge on any atom is -0.486 e. The van der Waals surface area contributed by atoms with Crippen molar-refractivity contribution in [2.75, 3.05) is 26.4 Å². The van der Waals surface area contributed by atoms with E-state index in [1.165, 1.54) is 12.1 Å². The molecule has 2 rings (SSSR count). The van der Waals surface area contributed by atoms with Crippen LogP contribution in [0.25, 0.3) is 0 Å². The van der Waals surface area contributed by atoms with Gasteiger partial charge in [0.2, 0.25) is 10.0 Å². The van der Waals surface area contributed by atoms with Gasteiger partial charge in [0.25, 0.3) is 0 Å². The number of nitrogens with one attached hydrogen (secondary N) is 1. The van der Waals surface area contributed by atoms with Crippen molar-refractivity contribution in [3.63, 3.8) is 0 Å². The van der Waals surface area contributed by atoms with Crippen LogP contribution in [-0.2, 0) is 10.0 Å². The Morgan fingerprint density at radius 2 is 1.90 bits per heavy atom. The van der Waals surface area contributed by atoms with Crippen molar-refractivity contribution in [1.29, 1.82) is 0 Å². The van der Waals surface area contributed by atoms with Crippen LogP contribution >= 0.6 is 0 Å². The Balaban J connectivity index is 2.17. The highest BCUT2D eigenvalue weighted by atomic mass is 32.2. The molecule has 0 radical (unpaired) electrons. The number of rotatable bonds is 5. The van der Waals surface area contributed by atoms with Gasteiger partial charge in [0.15, 0.2) is 11.5 Å². The summed E-state index contributed by atoms with van der Waals surface area (Å²) in [6, 6.07) is 4.50. The first kappa shape index (κ1) is 15.1. The summed E-state index contributed by atoms with van der Waals surface area (Å²) in [5, 5.41) is 9.15. The molecule has 0 bridgehead atoms. The van der Waals surface area contributed by atoms with Gasteiger partial charge in [-0.2, -0.15) is 0 Å². The fourth-order valence-electron chi connectivity index (χ4n) is 1.62. The lowest BCUT2D eigenvalue weighted by molar-refractivity contribution is 0.163. The minimum absolute atomic E-state index is 0.101. The Bertz CT molecular complexity index is 582. The lowest BCUT2D eigenvalue weighted by Crippen LogP contribution is -2.36. The van der Waals surface area contributed by atoms with E-state index in [0.717, 1.165) is 0 Å². The Hall–Kier alpha value is -1.31. The van der Waals surface area contributed by atoms with Gasteiger partial charge in [-0.25, -0.2) is 13.1 Å². The fourth-order valence-corrected chi connectivity index (χ4v) is 2.88. The molecule has 112 valence electrons. The number of aliphatic hydroxyl groups is 1. The molecular formula is C13H19NO5S. The maximum Gasteiger partial charge on any atom is 0.240 e. The van der Waals surface area contributed by atoms with Crippen LogP contribution in [0.3, 0.4) is 0 Å². The highest BCUT2D eigenvalue weighted by Crippen LogP contribution is 2.32. The Morgan fingerprint density at radius 1 is 1.25 bits per heavy atom. The molecule has 0 spiro atoms. The van der Waals surface area contributed by atoms with E-state index >= 15 is 0 Å². The molecule has 6 nitrogen and oxygen atoms in total. The van der Waals surface area contributed by atoms with Crippen molar-refractivity contribution in [2.24, 2.45) is 5.41 Å². The smallest absolute Gasteiger partial charge is 0.240 e. The molecule has 1 aromatic carbocycles. The maximum absolute atomic E-state index is 12.2. The molecule has 1 aromatic rings. The minimum atomic E-state index is -3.63. The van der Waals surface area contributed by atoms with Gasteiger partial charge in [-0.3, -0.25) is 0 Å². The standard InChI is InChI=1S/C13H19NO5S/c1-13(2,9-15)8-14-20(16,17)10-3-4-11-12(7-10)19-6-5-18-11/h3-4,7,14-15H,5-6,8-9H2,1-2H3. The van der Waals surface area contributed by atoms with Crippen LogP contribution in [0.4, 0.5) is 0 Å². The van der Waals surface area contributed by atoms with E-state index in [1.54, 1.807) is 19.9 Å². The zero-order valence-electron chi connectivity index (χ0n) is 11.5. The van der Waals surface area contributed by atoms with Crippen LogP contribution in [0.1, 0.15) is 13.8 Å². The van der Waals surface area contributed by atoms with Gasteiger partial charge in [0.05, 0.1) is 4.90 Å². The number of sulfonamides is 1. The molecule has 0 saturated carbocycles. The van der Waals surface area contributed by atoms with Crippen molar-refractivity contribution in [3.05, 3.63) is 18.2 Å². The number of fused-ring (bicyclic) bond motifs is 1. The predicted molar refractivity (Wildman–Crippen MR) is 73.5 cm³/mol. The lowest BCUT2D eigenvalue weighted by Gasteiger charge is -2.22. The van der Waals surface area contributed by atoms with Crippen molar-refractivity contribution < 1.29 is 23.0 Å². The average molecular weight is 301 g/mol. The van der Waals surface area contributed by atoms with E-state index < -0.39 is 15.4 Å². The normalized spacial score (nSPS) is 15.2. The quantitative estimate of drug-likeness (QED) is 0.838. The summed E-state index contributed by atoms with van der Waals surface area (Å²) in [5.41, 5.74) is -0.513. The summed E-state index contributed by atoms with van der Waals surface area (Å²) in [7, 11) is -3.63. The Morgan fingerprint density at radius 3 is 2.55 bits per heavy atom. The van der Waals surface area contributed by atoms with Crippen molar-refractivity contribution in [1.82, 2.24) is 4.72 Å². The number of ether oxygens (including phenoxy) is 2. The summed E-state index contributed by atoms with van der Waals surface area (Å²) in [4.78, 5) is 0.121. The number of hydrogen-bond donors (Lipinski definition) is 2. The second kappa shape index (κ2) is 5.59. The van der Waals surface area contributed by atoms with E-state index in [4.69, 9.17) is 14.6 Å². The van der Waals surface area contributed by atoms with Crippen molar-refractivity contribution in [2.45, 2.75) is 18.7 Å². The molecule has 1 heterocycles. The highest BCUT2D eigenvalue weighted by molar-refractivity contribution is 7.89. The molecule has 0 amide bonds. The third-order valence-corrected chi connectivity index (χ3v) is 4.39. The lowest BCUT2D eigenvalue weighted by atomic mass is 9.96. The third kappa shape index (κ3) is 3.41. The molecule has 0 aromatic heterocycles. The second-order valence-corrected chi connectivity index (χ2v) is 7.22. The van der Waals surface area contributed by atoms with Gasteiger partial charge in [-0.15, -0.1) is 0 Å². The summed E-state index contributed by atoms with van der Waals surface area (Å²) in [5.74, 6) is 0.978. The fraction of sp³-hybridized carbons (Fsp3) is 0.538. The van der Waals surface area contributed by atoms with E-state index in [0.29, 0.717) is 24.7 Å². The van der Waals surface area contributed by atoms with Crippen molar-refractivity contribution >= 4 is 10.0 Å². The zero-order valence-corrected chi connectivity index (χ0v) is 12.4. The number of aliphatic hydroxyl groups excluding tert-OH is 1. The molecule has 2 N–H and O–H groups in total. The summed E-state index contributed by atoms with van der Waals surface area (Å²) < 4.78 is 37.6. The Labute approximate surface area is 118 Å². The zero-order chi connectivity index (χ0) is 14.8. The predicted octanol–water partition coefficient (Wildman–Crippen LogP) is 0.755. The van der Waals surface area contributed by atoms with E-state index in [1.807, 2.05) is 0 Å². The summed E-state index contributed by atoms with van der Waals surface area (Å²) in [6.07, 6.45) is 0. The van der Waals surface area contributed by atoms with Crippen LogP contribution in [-0.4, -0.2) is 39.9 Å². The maximum atomic E-state index is 12.2. The molecule has 0 aliphatic carbocycles. The Kier molecular flexibility index (Phi) is 4.22. The topological polar surface area (TPSA) is 84.9 Å². The van der Waals surface area contributed by atoms with E-state index in [9.17, 15) is 8.42 Å². The molecule has 1 aliphatic heterocycles. The first-order valence-electron chi connectivity index (χ1n) is 6.34. The largest absolute Gasteiger partial charge is 0.486 e. The monoisotopic (exact) mass is 301 g/mol. The molecular weight excluding hydrogens is 282 g/mol. The van der Waals surface area contributed by atoms with Crippen LogP contribution in [0.2, 0.25) is 0 Å². The van der Waals surface area contributed by atoms with E-state index in [2.05, 4.69) is 4.72 Å². The summed E-state index contributed by atoms with van der Waals surface area (Å²) >= 11 is 0. The van der Waals surface area contributed by atoms with Gasteiger partial charge in [0, 0.05) is 24.6 Å². The van der Waals surface area contributed by atoms with Gasteiger partial charge >= 0.3 is 0 Å². The van der Waals surface area contributed by atoms with Crippen LogP contribution in [0.5, 0.6) is 11.5 Å². The molecule has 7 heteroatoms. The average Bonchev–Trinajstić information content (AvgIpc) is 2.45. The van der Waals surface area contributed by atoms with Gasteiger partial charge < -0.3 is 14.6 Å². The molecule has 1 aliphatic rings. The number of hydrogen-bond acceptors (Lipinski definition) is 5. The SMILES string of the molecule is CC(C)(CO)CNS(=O)(=O)c1ccc2c(c1)OCCO2. The van der Waals surface area contributed by atoms with Crippen LogP contribution in [0.15, 0.2) is 23.1 Å². The van der Waals surface area contributed by atoms with E-state index in [-0.39, 0.29) is 18.0 Å². The second-order valence-electron chi connectivity index (χ2n) is 5.45.